The predicted molar refractivity (Wildman–Crippen MR) is 132 cm³/mol. The first-order chi connectivity index (χ1) is 16.5. The first kappa shape index (κ1) is 22.3. The summed E-state index contributed by atoms with van der Waals surface area (Å²) in [5.74, 6) is 0.747. The van der Waals surface area contributed by atoms with E-state index in [1.54, 1.807) is 24.3 Å². The van der Waals surface area contributed by atoms with Crippen LogP contribution in [0.5, 0.6) is 5.75 Å². The maximum absolute atomic E-state index is 13.7. The van der Waals surface area contributed by atoms with Gasteiger partial charge in [-0.15, -0.1) is 10.2 Å². The van der Waals surface area contributed by atoms with E-state index < -0.39 is 11.9 Å². The second kappa shape index (κ2) is 9.02. The average molecular weight is 476 g/mol. The molecule has 0 fully saturated rings. The van der Waals surface area contributed by atoms with Gasteiger partial charge in [0.1, 0.15) is 16.3 Å². The Kier molecular flexibility index (Phi) is 5.91. The van der Waals surface area contributed by atoms with Crippen molar-refractivity contribution in [2.75, 3.05) is 11.5 Å². The Labute approximate surface area is 201 Å². The molecule has 2 aromatic carbocycles. The summed E-state index contributed by atoms with van der Waals surface area (Å²) < 4.78 is 11.8. The number of rotatable bonds is 7. The van der Waals surface area contributed by atoms with Gasteiger partial charge in [0.05, 0.1) is 23.6 Å². The first-order valence-electron chi connectivity index (χ1n) is 11.4. The van der Waals surface area contributed by atoms with E-state index >= 15 is 0 Å². The number of aromatic nitrogens is 2. The number of amides is 1. The summed E-state index contributed by atoms with van der Waals surface area (Å²) in [6.45, 7) is 6.83. The molecule has 174 valence electrons. The number of hydrogen-bond donors (Lipinski definition) is 0. The largest absolute Gasteiger partial charge is 0.494 e. The molecule has 1 aliphatic heterocycles. The van der Waals surface area contributed by atoms with Crippen molar-refractivity contribution in [1.82, 2.24) is 10.2 Å². The molecule has 1 unspecified atom stereocenters. The molecular formula is C26H25N3O4S. The number of carbonyl (C=O) groups excluding carboxylic acids is 1. The molecular weight excluding hydrogens is 450 g/mol. The van der Waals surface area contributed by atoms with Gasteiger partial charge in [0.2, 0.25) is 10.9 Å². The van der Waals surface area contributed by atoms with Gasteiger partial charge in [-0.05, 0) is 42.2 Å². The summed E-state index contributed by atoms with van der Waals surface area (Å²) in [5.41, 5.74) is 1.24. The third-order valence-electron chi connectivity index (χ3n) is 5.67. The van der Waals surface area contributed by atoms with E-state index in [1.807, 2.05) is 31.2 Å². The molecule has 0 bridgehead atoms. The van der Waals surface area contributed by atoms with Crippen LogP contribution in [0.15, 0.2) is 57.7 Å². The highest BCUT2D eigenvalue weighted by molar-refractivity contribution is 7.15. The van der Waals surface area contributed by atoms with E-state index in [1.165, 1.54) is 16.2 Å². The number of para-hydroxylation sites is 1. The summed E-state index contributed by atoms with van der Waals surface area (Å²) in [7, 11) is 0. The lowest BCUT2D eigenvalue weighted by molar-refractivity contribution is 0.0970. The molecule has 0 spiro atoms. The number of benzene rings is 2. The molecule has 34 heavy (non-hydrogen) atoms. The second-order valence-electron chi connectivity index (χ2n) is 8.75. The minimum atomic E-state index is -0.687. The monoisotopic (exact) mass is 475 g/mol. The van der Waals surface area contributed by atoms with Crippen LogP contribution in [0.2, 0.25) is 0 Å². The van der Waals surface area contributed by atoms with Crippen LogP contribution in [0.25, 0.3) is 11.0 Å². The Morgan fingerprint density at radius 3 is 2.74 bits per heavy atom. The molecule has 4 aromatic rings. The lowest BCUT2D eigenvalue weighted by Gasteiger charge is -2.22. The van der Waals surface area contributed by atoms with Crippen molar-refractivity contribution in [3.63, 3.8) is 0 Å². The third-order valence-corrected chi connectivity index (χ3v) is 6.61. The highest BCUT2D eigenvalue weighted by Gasteiger charge is 2.45. The summed E-state index contributed by atoms with van der Waals surface area (Å²) in [6.07, 6.45) is 1.64. The van der Waals surface area contributed by atoms with E-state index in [9.17, 15) is 9.59 Å². The molecule has 0 saturated heterocycles. The van der Waals surface area contributed by atoms with Crippen LogP contribution in [0.1, 0.15) is 59.9 Å². The second-order valence-corrected chi connectivity index (χ2v) is 9.79. The number of anilines is 1. The van der Waals surface area contributed by atoms with Crippen molar-refractivity contribution >= 4 is 33.3 Å². The van der Waals surface area contributed by atoms with Crippen LogP contribution >= 0.6 is 11.3 Å². The molecule has 2 aromatic heterocycles. The molecule has 0 radical (unpaired) electrons. The summed E-state index contributed by atoms with van der Waals surface area (Å²) in [4.78, 5) is 28.8. The van der Waals surface area contributed by atoms with Crippen LogP contribution in [-0.2, 0) is 6.42 Å². The zero-order chi connectivity index (χ0) is 23.8. The summed E-state index contributed by atoms with van der Waals surface area (Å²) in [6, 6.07) is 13.8. The number of ether oxygens (including phenoxy) is 1. The molecule has 1 amide bonds. The molecule has 0 saturated carbocycles. The maximum atomic E-state index is 13.7. The Bertz CT molecular complexity index is 1430. The zero-order valence-corrected chi connectivity index (χ0v) is 20.1. The van der Waals surface area contributed by atoms with Gasteiger partial charge in [-0.1, -0.05) is 56.4 Å². The van der Waals surface area contributed by atoms with Gasteiger partial charge < -0.3 is 9.15 Å². The van der Waals surface area contributed by atoms with E-state index in [0.717, 1.165) is 23.4 Å². The highest BCUT2D eigenvalue weighted by atomic mass is 32.1. The van der Waals surface area contributed by atoms with Gasteiger partial charge in [0.25, 0.3) is 5.91 Å². The lowest BCUT2D eigenvalue weighted by atomic mass is 9.98. The van der Waals surface area contributed by atoms with E-state index in [-0.39, 0.29) is 11.2 Å². The molecule has 0 N–H and O–H groups in total. The summed E-state index contributed by atoms with van der Waals surface area (Å²) >= 11 is 1.37. The van der Waals surface area contributed by atoms with Crippen molar-refractivity contribution < 1.29 is 13.9 Å². The van der Waals surface area contributed by atoms with E-state index in [2.05, 4.69) is 24.0 Å². The number of fused-ring (bicyclic) bond motifs is 2. The predicted octanol–water partition coefficient (Wildman–Crippen LogP) is 5.38. The van der Waals surface area contributed by atoms with Gasteiger partial charge in [-0.2, -0.15) is 0 Å². The first-order valence-corrected chi connectivity index (χ1v) is 12.2. The fourth-order valence-corrected chi connectivity index (χ4v) is 5.28. The topological polar surface area (TPSA) is 85.5 Å². The third kappa shape index (κ3) is 3.88. The van der Waals surface area contributed by atoms with Gasteiger partial charge in [-0.3, -0.25) is 14.5 Å². The molecule has 7 nitrogen and oxygen atoms in total. The lowest BCUT2D eigenvalue weighted by Crippen LogP contribution is -2.29. The van der Waals surface area contributed by atoms with Gasteiger partial charge in [0.15, 0.2) is 5.43 Å². The fraction of sp³-hybridized carbons (Fsp3) is 0.308. The number of nitrogens with zero attached hydrogens (tertiary/aromatic N) is 3. The van der Waals surface area contributed by atoms with Crippen molar-refractivity contribution in [3.8, 4) is 5.75 Å². The minimum Gasteiger partial charge on any atom is -0.494 e. The van der Waals surface area contributed by atoms with Crippen LogP contribution in [0.4, 0.5) is 5.13 Å². The molecule has 0 aliphatic carbocycles. The Hall–Kier alpha value is -3.52. The van der Waals surface area contributed by atoms with Crippen LogP contribution in [0.3, 0.4) is 0 Å². The van der Waals surface area contributed by atoms with Crippen molar-refractivity contribution in [2.45, 2.75) is 39.7 Å². The molecule has 3 heterocycles. The van der Waals surface area contributed by atoms with Gasteiger partial charge >= 0.3 is 0 Å². The molecule has 1 atom stereocenters. The normalized spacial score (nSPS) is 15.4. The van der Waals surface area contributed by atoms with Crippen molar-refractivity contribution in [2.24, 2.45) is 5.92 Å². The van der Waals surface area contributed by atoms with Gasteiger partial charge in [-0.25, -0.2) is 0 Å². The zero-order valence-electron chi connectivity index (χ0n) is 19.3. The maximum Gasteiger partial charge on any atom is 0.297 e. The van der Waals surface area contributed by atoms with Crippen LogP contribution < -0.4 is 15.1 Å². The Morgan fingerprint density at radius 2 is 1.94 bits per heavy atom. The van der Waals surface area contributed by atoms with E-state index in [0.29, 0.717) is 39.9 Å². The standard InChI is InChI=1S/C26H25N3O4S/c1-4-12-32-17-9-7-8-16(14-17)22-21-23(30)18-10-5-6-11-19(18)33-24(21)25(31)29(22)26-28-27-20(34-26)13-15(2)3/h5-11,14-15,22H,4,12-13H2,1-3H3. The average Bonchev–Trinajstić information content (AvgIpc) is 3.40. The molecule has 8 heteroatoms. The Balaban J connectivity index is 1.69. The molecule has 5 rings (SSSR count). The van der Waals surface area contributed by atoms with Crippen molar-refractivity contribution in [1.29, 1.82) is 0 Å². The fourth-order valence-electron chi connectivity index (χ4n) is 4.20. The smallest absolute Gasteiger partial charge is 0.297 e. The Morgan fingerprint density at radius 1 is 1.12 bits per heavy atom. The van der Waals surface area contributed by atoms with Crippen molar-refractivity contribution in [3.05, 3.63) is 80.6 Å². The van der Waals surface area contributed by atoms with E-state index in [4.69, 9.17) is 9.15 Å². The SMILES string of the molecule is CCCOc1cccc(C2c3c(oc4ccccc4c3=O)C(=O)N2c2nnc(CC(C)C)s2)c1. The summed E-state index contributed by atoms with van der Waals surface area (Å²) in [5, 5.41) is 10.4. The van der Waals surface area contributed by atoms with Crippen LogP contribution in [0, 0.1) is 5.92 Å². The number of hydrogen-bond acceptors (Lipinski definition) is 7. The van der Waals surface area contributed by atoms with Gasteiger partial charge in [0, 0.05) is 6.42 Å². The highest BCUT2D eigenvalue weighted by Crippen LogP contribution is 2.42. The minimum absolute atomic E-state index is 0.0502. The quantitative estimate of drug-likeness (QED) is 0.357. The molecule has 1 aliphatic rings. The number of carbonyl (C=O) groups is 1. The van der Waals surface area contributed by atoms with Crippen LogP contribution in [-0.4, -0.2) is 22.7 Å².